The van der Waals surface area contributed by atoms with E-state index in [9.17, 15) is 10.1 Å². The normalized spacial score (nSPS) is 16.4. The van der Waals surface area contributed by atoms with E-state index in [0.717, 1.165) is 25.0 Å². The van der Waals surface area contributed by atoms with E-state index < -0.39 is 4.92 Å². The zero-order valence-electron chi connectivity index (χ0n) is 14.5. The summed E-state index contributed by atoms with van der Waals surface area (Å²) in [7, 11) is 0. The van der Waals surface area contributed by atoms with Crippen molar-refractivity contribution in [3.8, 4) is 22.9 Å². The van der Waals surface area contributed by atoms with E-state index in [0.29, 0.717) is 23.7 Å². The Hall–Kier alpha value is -3.26. The van der Waals surface area contributed by atoms with Crippen molar-refractivity contribution in [1.29, 1.82) is 0 Å². The third-order valence-electron chi connectivity index (χ3n) is 4.43. The van der Waals surface area contributed by atoms with Gasteiger partial charge in [0.05, 0.1) is 11.0 Å². The molecule has 1 N–H and O–H groups in total. The number of aromatic nitrogens is 2. The van der Waals surface area contributed by atoms with E-state index in [1.807, 2.05) is 30.3 Å². The van der Waals surface area contributed by atoms with Crippen LogP contribution in [-0.4, -0.2) is 34.4 Å². The Labute approximate surface area is 155 Å². The van der Waals surface area contributed by atoms with Crippen LogP contribution in [0, 0.1) is 10.1 Å². The lowest BCUT2D eigenvalue weighted by molar-refractivity contribution is -0.383. The zero-order valence-corrected chi connectivity index (χ0v) is 14.5. The molecule has 4 rings (SSSR count). The monoisotopic (exact) mass is 366 g/mol. The van der Waals surface area contributed by atoms with Crippen LogP contribution in [0.2, 0.25) is 0 Å². The number of benzene rings is 2. The molecule has 1 unspecified atom stereocenters. The van der Waals surface area contributed by atoms with Gasteiger partial charge in [0.1, 0.15) is 5.69 Å². The van der Waals surface area contributed by atoms with Crippen molar-refractivity contribution in [1.82, 2.24) is 10.2 Å². The second-order valence-electron chi connectivity index (χ2n) is 6.28. The first-order chi connectivity index (χ1) is 13.2. The van der Waals surface area contributed by atoms with E-state index in [1.54, 1.807) is 12.1 Å². The van der Waals surface area contributed by atoms with E-state index in [-0.39, 0.29) is 17.7 Å². The number of nitrogens with one attached hydrogen (secondary N) is 1. The number of nitrogens with zero attached hydrogens (tertiary/aromatic N) is 3. The number of anilines is 1. The fourth-order valence-corrected chi connectivity index (χ4v) is 3.03. The molecule has 3 aromatic rings. The molecule has 1 fully saturated rings. The fraction of sp³-hybridized carbons (Fsp3) is 0.263. The first-order valence-corrected chi connectivity index (χ1v) is 8.74. The molecule has 0 aliphatic carbocycles. The molecule has 0 saturated carbocycles. The molecule has 0 spiro atoms. The van der Waals surface area contributed by atoms with Crippen molar-refractivity contribution in [2.75, 3.05) is 18.5 Å². The Morgan fingerprint density at radius 1 is 1.11 bits per heavy atom. The van der Waals surface area contributed by atoms with Crippen LogP contribution in [0.5, 0.6) is 0 Å². The predicted octanol–water partition coefficient (Wildman–Crippen LogP) is 3.90. The molecule has 1 aliphatic heterocycles. The maximum Gasteiger partial charge on any atom is 0.293 e. The van der Waals surface area contributed by atoms with Crippen LogP contribution < -0.4 is 5.32 Å². The van der Waals surface area contributed by atoms with E-state index in [2.05, 4.69) is 15.5 Å². The number of hydrogen-bond donors (Lipinski definition) is 1. The van der Waals surface area contributed by atoms with Crippen molar-refractivity contribution >= 4 is 11.4 Å². The quantitative estimate of drug-likeness (QED) is 0.521. The minimum atomic E-state index is -0.421. The summed E-state index contributed by atoms with van der Waals surface area (Å²) in [5.41, 5.74) is 1.70. The molecule has 138 valence electrons. The van der Waals surface area contributed by atoms with Crippen molar-refractivity contribution in [3.05, 3.63) is 58.6 Å². The molecular weight excluding hydrogens is 348 g/mol. The van der Waals surface area contributed by atoms with Crippen molar-refractivity contribution in [3.63, 3.8) is 0 Å². The minimum Gasteiger partial charge on any atom is -0.416 e. The average molecular weight is 366 g/mol. The standard InChI is InChI=1S/C19H18N4O4/c24-23(25)17-11-14(8-9-16(17)20-12-15-7-4-10-26-15)19-22-21-18(27-19)13-5-2-1-3-6-13/h1-3,5-6,8-9,11,15,20H,4,7,10,12H2. The molecule has 2 aromatic carbocycles. The lowest BCUT2D eigenvalue weighted by Crippen LogP contribution is -2.18. The molecule has 1 aromatic heterocycles. The molecular formula is C19H18N4O4. The van der Waals surface area contributed by atoms with Gasteiger partial charge in [-0.15, -0.1) is 10.2 Å². The zero-order chi connectivity index (χ0) is 18.6. The van der Waals surface area contributed by atoms with Gasteiger partial charge < -0.3 is 14.5 Å². The summed E-state index contributed by atoms with van der Waals surface area (Å²) in [6.45, 7) is 1.28. The molecule has 1 saturated heterocycles. The van der Waals surface area contributed by atoms with E-state index >= 15 is 0 Å². The number of nitro groups is 1. The Kier molecular flexibility index (Phi) is 4.80. The smallest absolute Gasteiger partial charge is 0.293 e. The van der Waals surface area contributed by atoms with Gasteiger partial charge in [0.15, 0.2) is 0 Å². The molecule has 2 heterocycles. The Morgan fingerprint density at radius 2 is 1.89 bits per heavy atom. The topological polar surface area (TPSA) is 103 Å². The summed E-state index contributed by atoms with van der Waals surface area (Å²) in [6, 6.07) is 14.2. The Bertz CT molecular complexity index is 936. The van der Waals surface area contributed by atoms with Crippen LogP contribution in [0.3, 0.4) is 0 Å². The van der Waals surface area contributed by atoms with Crippen LogP contribution in [0.15, 0.2) is 52.9 Å². The van der Waals surface area contributed by atoms with Crippen molar-refractivity contribution in [2.45, 2.75) is 18.9 Å². The third-order valence-corrected chi connectivity index (χ3v) is 4.43. The van der Waals surface area contributed by atoms with Crippen LogP contribution >= 0.6 is 0 Å². The number of rotatable bonds is 6. The van der Waals surface area contributed by atoms with Gasteiger partial charge in [0.2, 0.25) is 11.8 Å². The second kappa shape index (κ2) is 7.55. The van der Waals surface area contributed by atoms with Gasteiger partial charge in [0, 0.05) is 30.3 Å². The second-order valence-corrected chi connectivity index (χ2v) is 6.28. The average Bonchev–Trinajstić information content (AvgIpc) is 3.39. The highest BCUT2D eigenvalue weighted by Gasteiger charge is 2.20. The van der Waals surface area contributed by atoms with Gasteiger partial charge >= 0.3 is 0 Å². The number of nitro benzene ring substituents is 1. The van der Waals surface area contributed by atoms with Crippen molar-refractivity contribution < 1.29 is 14.1 Å². The summed E-state index contributed by atoms with van der Waals surface area (Å²) in [5.74, 6) is 0.608. The van der Waals surface area contributed by atoms with Gasteiger partial charge in [-0.25, -0.2) is 0 Å². The number of ether oxygens (including phenoxy) is 1. The SMILES string of the molecule is O=[N+]([O-])c1cc(-c2nnc(-c3ccccc3)o2)ccc1NCC1CCCO1. The molecule has 0 radical (unpaired) electrons. The Balaban J connectivity index is 1.57. The summed E-state index contributed by atoms with van der Waals surface area (Å²) < 4.78 is 11.2. The highest BCUT2D eigenvalue weighted by Crippen LogP contribution is 2.31. The van der Waals surface area contributed by atoms with Gasteiger partial charge in [-0.3, -0.25) is 10.1 Å². The van der Waals surface area contributed by atoms with Crippen LogP contribution in [0.1, 0.15) is 12.8 Å². The van der Waals surface area contributed by atoms with Gasteiger partial charge in [-0.1, -0.05) is 18.2 Å². The molecule has 0 bridgehead atoms. The van der Waals surface area contributed by atoms with E-state index in [4.69, 9.17) is 9.15 Å². The van der Waals surface area contributed by atoms with Gasteiger partial charge in [-0.2, -0.15) is 0 Å². The van der Waals surface area contributed by atoms with E-state index in [1.165, 1.54) is 6.07 Å². The first kappa shape index (κ1) is 17.2. The summed E-state index contributed by atoms with van der Waals surface area (Å²) in [4.78, 5) is 11.1. The molecule has 1 atom stereocenters. The first-order valence-electron chi connectivity index (χ1n) is 8.74. The predicted molar refractivity (Wildman–Crippen MR) is 99.3 cm³/mol. The largest absolute Gasteiger partial charge is 0.416 e. The molecule has 8 heteroatoms. The summed E-state index contributed by atoms with van der Waals surface area (Å²) >= 11 is 0. The Morgan fingerprint density at radius 3 is 2.59 bits per heavy atom. The minimum absolute atomic E-state index is 0.0371. The summed E-state index contributed by atoms with van der Waals surface area (Å²) in [5, 5.41) is 22.7. The fourth-order valence-electron chi connectivity index (χ4n) is 3.03. The lowest BCUT2D eigenvalue weighted by atomic mass is 10.1. The van der Waals surface area contributed by atoms with Crippen LogP contribution in [-0.2, 0) is 4.74 Å². The molecule has 27 heavy (non-hydrogen) atoms. The maximum atomic E-state index is 11.5. The highest BCUT2D eigenvalue weighted by atomic mass is 16.6. The van der Waals surface area contributed by atoms with Gasteiger partial charge in [0.25, 0.3) is 5.69 Å². The molecule has 8 nitrogen and oxygen atoms in total. The van der Waals surface area contributed by atoms with Crippen LogP contribution in [0.25, 0.3) is 22.9 Å². The maximum absolute atomic E-state index is 11.5. The number of hydrogen-bond acceptors (Lipinski definition) is 7. The van der Waals surface area contributed by atoms with Crippen LogP contribution in [0.4, 0.5) is 11.4 Å². The van der Waals surface area contributed by atoms with Crippen molar-refractivity contribution in [2.24, 2.45) is 0 Å². The highest BCUT2D eigenvalue weighted by molar-refractivity contribution is 5.70. The summed E-state index contributed by atoms with van der Waals surface area (Å²) in [6.07, 6.45) is 2.07. The third kappa shape index (κ3) is 3.80. The molecule has 0 amide bonds. The van der Waals surface area contributed by atoms with Gasteiger partial charge in [-0.05, 0) is 37.1 Å². The molecule has 1 aliphatic rings. The lowest BCUT2D eigenvalue weighted by Gasteiger charge is -2.12.